The quantitative estimate of drug-likeness (QED) is 0.483. The van der Waals surface area contributed by atoms with Gasteiger partial charge in [-0.25, -0.2) is 4.98 Å². The number of hydrogen-bond donors (Lipinski definition) is 1. The maximum absolute atomic E-state index is 6.51. The van der Waals surface area contributed by atoms with E-state index in [0.29, 0.717) is 11.5 Å². The summed E-state index contributed by atoms with van der Waals surface area (Å²) in [6.45, 7) is 0. The number of methoxy groups -OCH3 is 1. The molecule has 0 amide bonds. The van der Waals surface area contributed by atoms with E-state index in [1.165, 1.54) is 0 Å². The molecule has 5 rings (SSSR count). The first kappa shape index (κ1) is 16.3. The van der Waals surface area contributed by atoms with Gasteiger partial charge in [0.15, 0.2) is 5.82 Å². The van der Waals surface area contributed by atoms with Gasteiger partial charge in [0.1, 0.15) is 11.4 Å². The lowest BCUT2D eigenvalue weighted by Crippen LogP contribution is -2.05. The van der Waals surface area contributed by atoms with Crippen LogP contribution in [-0.4, -0.2) is 27.1 Å². The predicted octanol–water partition coefficient (Wildman–Crippen LogP) is 4.23. The molecular formula is C22H17N5O. The van der Waals surface area contributed by atoms with Gasteiger partial charge in [-0.05, 0) is 36.4 Å². The van der Waals surface area contributed by atoms with Gasteiger partial charge >= 0.3 is 0 Å². The summed E-state index contributed by atoms with van der Waals surface area (Å²) in [6.07, 6.45) is 0. The highest BCUT2D eigenvalue weighted by molar-refractivity contribution is 6.03. The largest absolute Gasteiger partial charge is 0.497 e. The molecule has 0 spiro atoms. The number of nitrogens with two attached hydrogens (primary N) is 1. The molecule has 6 heteroatoms. The molecule has 0 fully saturated rings. The van der Waals surface area contributed by atoms with E-state index in [2.05, 4.69) is 10.3 Å². The van der Waals surface area contributed by atoms with Crippen LogP contribution in [0.4, 0.5) is 5.82 Å². The molecule has 0 unspecified atom stereocenters. The molecule has 2 aromatic heterocycles. The summed E-state index contributed by atoms with van der Waals surface area (Å²) in [5, 5.41) is 10.7. The smallest absolute Gasteiger partial charge is 0.155 e. The number of nitrogens with zero attached hydrogens (tertiary/aromatic N) is 4. The van der Waals surface area contributed by atoms with Crippen molar-refractivity contribution in [2.45, 2.75) is 0 Å². The van der Waals surface area contributed by atoms with E-state index in [1.54, 1.807) is 11.8 Å². The van der Waals surface area contributed by atoms with E-state index >= 15 is 0 Å². The molecule has 0 saturated heterocycles. The van der Waals surface area contributed by atoms with Crippen molar-refractivity contribution in [3.05, 3.63) is 72.8 Å². The van der Waals surface area contributed by atoms with Crippen molar-refractivity contribution in [2.75, 3.05) is 12.8 Å². The number of nitrogen functional groups attached to an aromatic ring is 1. The predicted molar refractivity (Wildman–Crippen MR) is 111 cm³/mol. The Labute approximate surface area is 161 Å². The van der Waals surface area contributed by atoms with Gasteiger partial charge in [-0.3, -0.25) is 0 Å². The van der Waals surface area contributed by atoms with Crippen molar-refractivity contribution in [1.29, 1.82) is 0 Å². The Kier molecular flexibility index (Phi) is 3.69. The van der Waals surface area contributed by atoms with Crippen LogP contribution in [0.25, 0.3) is 38.8 Å². The van der Waals surface area contributed by atoms with Gasteiger partial charge in [-0.2, -0.15) is 4.68 Å². The van der Waals surface area contributed by atoms with E-state index in [4.69, 9.17) is 15.5 Å². The van der Waals surface area contributed by atoms with Gasteiger partial charge in [0.05, 0.1) is 23.8 Å². The summed E-state index contributed by atoms with van der Waals surface area (Å²) in [7, 11) is 1.64. The summed E-state index contributed by atoms with van der Waals surface area (Å²) in [5.41, 5.74) is 10.7. The van der Waals surface area contributed by atoms with E-state index < -0.39 is 0 Å². The molecule has 0 atom stereocenters. The number of anilines is 1. The van der Waals surface area contributed by atoms with Crippen molar-refractivity contribution in [3.8, 4) is 22.7 Å². The molecular weight excluding hydrogens is 350 g/mol. The molecule has 2 heterocycles. The van der Waals surface area contributed by atoms with Crippen LogP contribution in [0.2, 0.25) is 0 Å². The minimum Gasteiger partial charge on any atom is -0.497 e. The molecule has 5 aromatic rings. The van der Waals surface area contributed by atoms with E-state index in [9.17, 15) is 0 Å². The standard InChI is InChI=1S/C22H17N5O/c1-28-15-12-10-14(11-13-15)20-22(23)27(26-25-20)21-16-6-2-4-8-18(16)24-19-9-5-3-7-17(19)21/h2-13H,23H2,1H3. The Morgan fingerprint density at radius 2 is 1.43 bits per heavy atom. The van der Waals surface area contributed by atoms with Gasteiger partial charge in [-0.1, -0.05) is 41.6 Å². The Balaban J connectivity index is 1.77. The molecule has 0 bridgehead atoms. The Bertz CT molecular complexity index is 1250. The molecule has 0 radical (unpaired) electrons. The summed E-state index contributed by atoms with van der Waals surface area (Å²) < 4.78 is 6.93. The van der Waals surface area contributed by atoms with Crippen molar-refractivity contribution in [1.82, 2.24) is 20.0 Å². The van der Waals surface area contributed by atoms with Crippen LogP contribution < -0.4 is 10.5 Å². The topological polar surface area (TPSA) is 78.9 Å². The van der Waals surface area contributed by atoms with Crippen LogP contribution in [0.15, 0.2) is 72.8 Å². The fraction of sp³-hybridized carbons (Fsp3) is 0.0455. The van der Waals surface area contributed by atoms with Crippen LogP contribution >= 0.6 is 0 Å². The van der Waals surface area contributed by atoms with Crippen LogP contribution in [0.3, 0.4) is 0 Å². The van der Waals surface area contributed by atoms with E-state index in [0.717, 1.165) is 38.8 Å². The molecule has 3 aromatic carbocycles. The molecule has 6 nitrogen and oxygen atoms in total. The van der Waals surface area contributed by atoms with Crippen LogP contribution in [0, 0.1) is 0 Å². The Morgan fingerprint density at radius 3 is 2.04 bits per heavy atom. The first-order valence-electron chi connectivity index (χ1n) is 8.90. The minimum atomic E-state index is 0.478. The van der Waals surface area contributed by atoms with Crippen molar-refractivity contribution in [2.24, 2.45) is 0 Å². The second-order valence-corrected chi connectivity index (χ2v) is 6.46. The first-order chi connectivity index (χ1) is 13.8. The first-order valence-corrected chi connectivity index (χ1v) is 8.90. The highest BCUT2D eigenvalue weighted by atomic mass is 16.5. The normalized spacial score (nSPS) is 11.2. The minimum absolute atomic E-state index is 0.478. The molecule has 0 aliphatic carbocycles. The number of para-hydroxylation sites is 2. The molecule has 0 saturated carbocycles. The van der Waals surface area contributed by atoms with Crippen LogP contribution in [0.1, 0.15) is 0 Å². The van der Waals surface area contributed by atoms with Crippen LogP contribution in [-0.2, 0) is 0 Å². The van der Waals surface area contributed by atoms with E-state index in [1.807, 2.05) is 72.8 Å². The van der Waals surface area contributed by atoms with Gasteiger partial charge in [-0.15, -0.1) is 5.10 Å². The fourth-order valence-electron chi connectivity index (χ4n) is 3.45. The van der Waals surface area contributed by atoms with Gasteiger partial charge in [0.2, 0.25) is 0 Å². The second kappa shape index (κ2) is 6.35. The summed E-state index contributed by atoms with van der Waals surface area (Å²) >= 11 is 0. The highest BCUT2D eigenvalue weighted by Gasteiger charge is 2.18. The van der Waals surface area contributed by atoms with Gasteiger partial charge < -0.3 is 10.5 Å². The average Bonchev–Trinajstić information content (AvgIpc) is 3.13. The summed E-state index contributed by atoms with van der Waals surface area (Å²) in [4.78, 5) is 4.76. The second-order valence-electron chi connectivity index (χ2n) is 6.46. The third-order valence-electron chi connectivity index (χ3n) is 4.84. The highest BCUT2D eigenvalue weighted by Crippen LogP contribution is 2.33. The number of hydrogen-bond acceptors (Lipinski definition) is 5. The van der Waals surface area contributed by atoms with E-state index in [-0.39, 0.29) is 0 Å². The third kappa shape index (κ3) is 2.46. The Morgan fingerprint density at radius 1 is 0.821 bits per heavy atom. The van der Waals surface area contributed by atoms with Crippen LogP contribution in [0.5, 0.6) is 5.75 Å². The SMILES string of the molecule is COc1ccc(-c2nnn(-c3c4ccccc4nc4ccccc34)c2N)cc1. The Hall–Kier alpha value is -3.93. The number of ether oxygens (including phenoxy) is 1. The number of pyridine rings is 1. The molecule has 2 N–H and O–H groups in total. The lowest BCUT2D eigenvalue weighted by Gasteiger charge is -2.11. The zero-order valence-corrected chi connectivity index (χ0v) is 15.2. The van der Waals surface area contributed by atoms with Crippen molar-refractivity contribution >= 4 is 27.6 Å². The lowest BCUT2D eigenvalue weighted by atomic mass is 10.1. The maximum Gasteiger partial charge on any atom is 0.155 e. The molecule has 0 aliphatic rings. The van der Waals surface area contributed by atoms with Crippen molar-refractivity contribution < 1.29 is 4.74 Å². The third-order valence-corrected chi connectivity index (χ3v) is 4.84. The van der Waals surface area contributed by atoms with Gasteiger partial charge in [0.25, 0.3) is 0 Å². The molecule has 28 heavy (non-hydrogen) atoms. The van der Waals surface area contributed by atoms with Gasteiger partial charge in [0, 0.05) is 16.3 Å². The zero-order chi connectivity index (χ0) is 19.1. The number of benzene rings is 3. The zero-order valence-electron chi connectivity index (χ0n) is 15.2. The monoisotopic (exact) mass is 367 g/mol. The van der Waals surface area contributed by atoms with Crippen molar-refractivity contribution in [3.63, 3.8) is 0 Å². The lowest BCUT2D eigenvalue weighted by molar-refractivity contribution is 0.415. The molecule has 0 aliphatic heterocycles. The fourth-order valence-corrected chi connectivity index (χ4v) is 3.45. The summed E-state index contributed by atoms with van der Waals surface area (Å²) in [5.74, 6) is 1.26. The maximum atomic E-state index is 6.51. The summed E-state index contributed by atoms with van der Waals surface area (Å²) in [6, 6.07) is 23.6. The number of rotatable bonds is 3. The average molecular weight is 367 g/mol. The number of aromatic nitrogens is 4. The molecule has 136 valence electrons. The number of fused-ring (bicyclic) bond motifs is 2.